The number of aromatic nitrogens is 2. The molecule has 2 atom stereocenters. The molecule has 1 fully saturated rings. The number of carbonyl (C=O) groups excluding carboxylic acids is 4. The van der Waals surface area contributed by atoms with Gasteiger partial charge in [0.25, 0.3) is 5.91 Å². The van der Waals surface area contributed by atoms with Gasteiger partial charge in [-0.05, 0) is 41.7 Å². The van der Waals surface area contributed by atoms with Gasteiger partial charge in [0, 0.05) is 35.8 Å². The second-order valence-electron chi connectivity index (χ2n) is 10.9. The highest BCUT2D eigenvalue weighted by molar-refractivity contribution is 6.04. The lowest BCUT2D eigenvalue weighted by molar-refractivity contribution is -0.138. The van der Waals surface area contributed by atoms with E-state index in [1.54, 1.807) is 48.5 Å². The van der Waals surface area contributed by atoms with Crippen LogP contribution < -0.4 is 5.73 Å². The maximum Gasteiger partial charge on any atom is 0.269 e. The van der Waals surface area contributed by atoms with Gasteiger partial charge in [-0.25, -0.2) is 8.78 Å². The third-order valence-electron chi connectivity index (χ3n) is 8.13. The Morgan fingerprint density at radius 3 is 2.62 bits per heavy atom. The Morgan fingerprint density at radius 2 is 1.81 bits per heavy atom. The highest BCUT2D eigenvalue weighted by atomic mass is 19.1. The topological polar surface area (TPSA) is 115 Å². The zero-order chi connectivity index (χ0) is 29.5. The number of nitrogens with zero attached hydrogens (tertiary/aromatic N) is 3. The molecule has 2 heterocycles. The number of rotatable bonds is 7. The van der Waals surface area contributed by atoms with Crippen LogP contribution in [0.5, 0.6) is 0 Å². The van der Waals surface area contributed by atoms with Gasteiger partial charge in [-0.2, -0.15) is 5.10 Å². The molecule has 214 valence electrons. The quantitative estimate of drug-likeness (QED) is 0.358. The molecule has 0 spiro atoms. The lowest BCUT2D eigenvalue weighted by Gasteiger charge is -2.24. The Bertz CT molecular complexity index is 1760. The number of fused-ring (bicyclic) bond motifs is 2. The van der Waals surface area contributed by atoms with Crippen molar-refractivity contribution >= 4 is 34.3 Å². The number of alkyl halides is 1. The summed E-state index contributed by atoms with van der Waals surface area (Å²) >= 11 is 0. The number of hydrogen-bond acceptors (Lipinski definition) is 5. The Morgan fingerprint density at radius 1 is 1.00 bits per heavy atom. The highest BCUT2D eigenvalue weighted by Crippen LogP contribution is 2.31. The number of para-hydroxylation sites is 1. The number of halogens is 2. The molecule has 6 rings (SSSR count). The summed E-state index contributed by atoms with van der Waals surface area (Å²) in [5.74, 6) is -2.34. The molecule has 4 aromatic rings. The van der Waals surface area contributed by atoms with Gasteiger partial charge in [0.05, 0.1) is 18.1 Å². The number of nitrogens with two attached hydrogens (primary N) is 1. The van der Waals surface area contributed by atoms with E-state index in [2.05, 4.69) is 5.10 Å². The monoisotopic (exact) mass is 570 g/mol. The van der Waals surface area contributed by atoms with Gasteiger partial charge in [0.15, 0.2) is 17.3 Å². The normalized spacial score (nSPS) is 18.3. The van der Waals surface area contributed by atoms with Crippen LogP contribution in [0.15, 0.2) is 60.7 Å². The van der Waals surface area contributed by atoms with Gasteiger partial charge in [-0.1, -0.05) is 48.5 Å². The maximum atomic E-state index is 15.7. The molecule has 0 bridgehead atoms. The molecular weight excluding hydrogens is 542 g/mol. The summed E-state index contributed by atoms with van der Waals surface area (Å²) < 4.78 is 31.6. The lowest BCUT2D eigenvalue weighted by atomic mass is 9.87. The molecule has 2 aliphatic rings. The average Bonchev–Trinajstić information content (AvgIpc) is 3.55. The summed E-state index contributed by atoms with van der Waals surface area (Å²) in [6, 6.07) is 15.7. The fourth-order valence-corrected chi connectivity index (χ4v) is 6.05. The molecule has 1 aliphatic carbocycles. The molecule has 8 nitrogen and oxygen atoms in total. The molecule has 2 N–H and O–H groups in total. The summed E-state index contributed by atoms with van der Waals surface area (Å²) in [5, 5.41) is 4.66. The molecule has 42 heavy (non-hydrogen) atoms. The van der Waals surface area contributed by atoms with Crippen LogP contribution >= 0.6 is 0 Å². The number of benzene rings is 3. The van der Waals surface area contributed by atoms with Crippen LogP contribution in [0.25, 0.3) is 22.0 Å². The molecule has 0 unspecified atom stereocenters. The van der Waals surface area contributed by atoms with Gasteiger partial charge in [0.2, 0.25) is 5.91 Å². The second-order valence-corrected chi connectivity index (χ2v) is 10.9. The van der Waals surface area contributed by atoms with Crippen molar-refractivity contribution in [1.29, 1.82) is 0 Å². The zero-order valence-electron chi connectivity index (χ0n) is 22.7. The molecule has 0 saturated carbocycles. The average molecular weight is 571 g/mol. The van der Waals surface area contributed by atoms with Gasteiger partial charge in [-0.3, -0.25) is 23.9 Å². The van der Waals surface area contributed by atoms with Crippen molar-refractivity contribution in [2.24, 2.45) is 5.73 Å². The molecule has 1 aromatic heterocycles. The van der Waals surface area contributed by atoms with Crippen molar-refractivity contribution in [3.05, 3.63) is 88.9 Å². The van der Waals surface area contributed by atoms with Crippen LogP contribution in [0.3, 0.4) is 0 Å². The van der Waals surface area contributed by atoms with E-state index in [1.165, 1.54) is 15.6 Å². The van der Waals surface area contributed by atoms with E-state index >= 15 is 4.39 Å². The van der Waals surface area contributed by atoms with Gasteiger partial charge in [0.1, 0.15) is 18.5 Å². The summed E-state index contributed by atoms with van der Waals surface area (Å²) in [7, 11) is 0. The van der Waals surface area contributed by atoms with E-state index in [1.807, 2.05) is 6.07 Å². The number of hydrogen-bond donors (Lipinski definition) is 1. The van der Waals surface area contributed by atoms with Crippen molar-refractivity contribution < 1.29 is 28.0 Å². The Hall–Kier alpha value is -4.73. The third-order valence-corrected chi connectivity index (χ3v) is 8.13. The first-order chi connectivity index (χ1) is 20.2. The van der Waals surface area contributed by atoms with Crippen LogP contribution in [-0.4, -0.2) is 56.8 Å². The van der Waals surface area contributed by atoms with Crippen molar-refractivity contribution in [3.8, 4) is 11.1 Å². The molecule has 1 aliphatic heterocycles. The molecule has 0 radical (unpaired) electrons. The lowest BCUT2D eigenvalue weighted by Crippen LogP contribution is -2.43. The van der Waals surface area contributed by atoms with E-state index in [4.69, 9.17) is 5.73 Å². The van der Waals surface area contributed by atoms with Crippen molar-refractivity contribution in [3.63, 3.8) is 0 Å². The van der Waals surface area contributed by atoms with Crippen LogP contribution in [0.2, 0.25) is 0 Å². The van der Waals surface area contributed by atoms with Crippen molar-refractivity contribution in [2.45, 2.75) is 50.9 Å². The van der Waals surface area contributed by atoms with Crippen LogP contribution in [-0.2, 0) is 29.0 Å². The standard InChI is InChI=1S/C32H28F2N4O4/c33-21-15-26(37(16-21)29(41)17-38-25-9-2-1-7-23(25)31(36-38)32(35)42)28(40)14-20-6-3-8-22(30(20)34)19-12-11-18-5-4-10-27(39)24(18)13-19/h1-3,6-9,11-13,21,26H,4-5,10,14-17H2,(H2,35,42)/t21-,26+/m1/s1. The summed E-state index contributed by atoms with van der Waals surface area (Å²) in [4.78, 5) is 52.2. The Kier molecular flexibility index (Phi) is 7.14. The second kappa shape index (κ2) is 10.9. The van der Waals surface area contributed by atoms with E-state index in [0.717, 1.165) is 18.4 Å². The molecular formula is C32H28F2N4O4. The minimum absolute atomic E-state index is 0.00876. The predicted molar refractivity (Wildman–Crippen MR) is 151 cm³/mol. The number of carbonyl (C=O) groups is 4. The van der Waals surface area contributed by atoms with Crippen molar-refractivity contribution in [1.82, 2.24) is 14.7 Å². The summed E-state index contributed by atoms with van der Waals surface area (Å²) in [6.07, 6.45) is 0.121. The molecule has 2 amide bonds. The van der Waals surface area contributed by atoms with E-state index in [0.29, 0.717) is 28.5 Å². The SMILES string of the molecule is NC(=O)c1nn(CC(=O)N2C[C@H](F)C[C@H]2C(=O)Cc2cccc(-c3ccc4c(c3)C(=O)CCC4)c2F)c2ccccc12. The van der Waals surface area contributed by atoms with Gasteiger partial charge < -0.3 is 10.6 Å². The first kappa shape index (κ1) is 27.4. The van der Waals surface area contributed by atoms with E-state index in [9.17, 15) is 23.6 Å². The largest absolute Gasteiger partial charge is 0.364 e. The molecule has 3 aromatic carbocycles. The maximum absolute atomic E-state index is 15.7. The summed E-state index contributed by atoms with van der Waals surface area (Å²) in [5.41, 5.74) is 8.43. The number of likely N-dealkylation sites (tertiary alicyclic amines) is 1. The van der Waals surface area contributed by atoms with Gasteiger partial charge in [-0.15, -0.1) is 0 Å². The fraction of sp³-hybridized carbons (Fsp3) is 0.281. The first-order valence-corrected chi connectivity index (χ1v) is 13.9. The Labute approximate surface area is 240 Å². The van der Waals surface area contributed by atoms with E-state index < -0.39 is 35.6 Å². The molecule has 1 saturated heterocycles. The van der Waals surface area contributed by atoms with Crippen LogP contribution in [0, 0.1) is 5.82 Å². The smallest absolute Gasteiger partial charge is 0.269 e. The summed E-state index contributed by atoms with van der Waals surface area (Å²) in [6.45, 7) is -0.603. The highest BCUT2D eigenvalue weighted by Gasteiger charge is 2.40. The predicted octanol–water partition coefficient (Wildman–Crippen LogP) is 4.21. The number of Topliss-reactive ketones (excluding diaryl/α,β-unsaturated/α-hetero) is 2. The molecule has 10 heteroatoms. The third kappa shape index (κ3) is 4.97. The van der Waals surface area contributed by atoms with Crippen LogP contribution in [0.4, 0.5) is 8.78 Å². The number of ketones is 2. The number of primary amides is 1. The fourth-order valence-electron chi connectivity index (χ4n) is 6.05. The van der Waals surface area contributed by atoms with Crippen LogP contribution in [0.1, 0.15) is 51.2 Å². The van der Waals surface area contributed by atoms with Crippen molar-refractivity contribution in [2.75, 3.05) is 6.54 Å². The van der Waals surface area contributed by atoms with E-state index in [-0.39, 0.29) is 48.5 Å². The number of aryl methyl sites for hydroxylation is 1. The minimum atomic E-state index is -1.41. The van der Waals surface area contributed by atoms with Gasteiger partial charge >= 0.3 is 0 Å². The Balaban J connectivity index is 1.23. The zero-order valence-corrected chi connectivity index (χ0v) is 22.7. The first-order valence-electron chi connectivity index (χ1n) is 13.9. The minimum Gasteiger partial charge on any atom is -0.364 e. The number of amides is 2.